The number of hydrogen-bond donors (Lipinski definition) is 0. The zero-order valence-electron chi connectivity index (χ0n) is 14.6. The number of Topliss-reactive ketones (excluding diaryl/α,β-unsaturated/α-hetero) is 1. The number of benzene rings is 2. The number of ketones is 1. The highest BCUT2D eigenvalue weighted by Crippen LogP contribution is 2.57. The van der Waals surface area contributed by atoms with Gasteiger partial charge in [0, 0.05) is 18.4 Å². The molecule has 0 amide bonds. The first-order valence-corrected chi connectivity index (χ1v) is 9.89. The molecule has 1 heterocycles. The SMILES string of the molecule is Cc1ccc(S(=O)(=O)N2C[C@]3(C)CC(=O)[C@@H]3c3cc(C)ccc32)cc1. The minimum Gasteiger partial charge on any atom is -0.299 e. The van der Waals surface area contributed by atoms with Crippen LogP contribution in [0.3, 0.4) is 0 Å². The van der Waals surface area contributed by atoms with Crippen molar-refractivity contribution in [1.82, 2.24) is 0 Å². The van der Waals surface area contributed by atoms with E-state index in [0.717, 1.165) is 16.7 Å². The molecule has 2 aliphatic rings. The molecule has 0 radical (unpaired) electrons. The van der Waals surface area contributed by atoms with Gasteiger partial charge >= 0.3 is 0 Å². The summed E-state index contributed by atoms with van der Waals surface area (Å²) >= 11 is 0. The first-order valence-electron chi connectivity index (χ1n) is 8.45. The van der Waals surface area contributed by atoms with E-state index in [1.54, 1.807) is 12.1 Å². The lowest BCUT2D eigenvalue weighted by molar-refractivity contribution is -0.135. The van der Waals surface area contributed by atoms with Gasteiger partial charge in [0.05, 0.1) is 16.5 Å². The Bertz CT molecular complexity index is 979. The molecule has 2 atom stereocenters. The number of sulfonamides is 1. The summed E-state index contributed by atoms with van der Waals surface area (Å²) in [7, 11) is -3.66. The molecule has 4 nitrogen and oxygen atoms in total. The molecule has 0 bridgehead atoms. The fraction of sp³-hybridized carbons (Fsp3) is 0.350. The largest absolute Gasteiger partial charge is 0.299 e. The monoisotopic (exact) mass is 355 g/mol. The number of anilines is 1. The highest BCUT2D eigenvalue weighted by atomic mass is 32.2. The van der Waals surface area contributed by atoms with Crippen LogP contribution in [0.5, 0.6) is 0 Å². The molecule has 1 aliphatic heterocycles. The fourth-order valence-electron chi connectivity index (χ4n) is 4.15. The van der Waals surface area contributed by atoms with Crippen LogP contribution in [0.4, 0.5) is 5.69 Å². The van der Waals surface area contributed by atoms with Gasteiger partial charge in [-0.2, -0.15) is 0 Å². The average molecular weight is 355 g/mol. The number of carbonyl (C=O) groups excluding carboxylic acids is 1. The number of hydrogen-bond acceptors (Lipinski definition) is 3. The van der Waals surface area contributed by atoms with Crippen molar-refractivity contribution < 1.29 is 13.2 Å². The number of carbonyl (C=O) groups is 1. The van der Waals surface area contributed by atoms with Gasteiger partial charge in [-0.25, -0.2) is 8.42 Å². The number of fused-ring (bicyclic) bond motifs is 3. The van der Waals surface area contributed by atoms with E-state index in [0.29, 0.717) is 18.7 Å². The maximum Gasteiger partial charge on any atom is 0.264 e. The van der Waals surface area contributed by atoms with Crippen molar-refractivity contribution in [2.24, 2.45) is 5.41 Å². The Morgan fingerprint density at radius 3 is 2.32 bits per heavy atom. The van der Waals surface area contributed by atoms with Crippen molar-refractivity contribution in [3.63, 3.8) is 0 Å². The predicted octanol–water partition coefficient (Wildman–Crippen LogP) is 3.58. The Morgan fingerprint density at radius 2 is 1.68 bits per heavy atom. The van der Waals surface area contributed by atoms with E-state index < -0.39 is 10.0 Å². The van der Waals surface area contributed by atoms with Crippen molar-refractivity contribution in [1.29, 1.82) is 0 Å². The van der Waals surface area contributed by atoms with E-state index in [-0.39, 0.29) is 22.0 Å². The summed E-state index contributed by atoms with van der Waals surface area (Å²) in [6.45, 7) is 6.26. The Labute approximate surface area is 148 Å². The summed E-state index contributed by atoms with van der Waals surface area (Å²) in [5, 5.41) is 0. The molecule has 130 valence electrons. The van der Waals surface area contributed by atoms with Gasteiger partial charge in [-0.15, -0.1) is 0 Å². The molecule has 0 N–H and O–H groups in total. The molecule has 0 aromatic heterocycles. The highest BCUT2D eigenvalue weighted by Gasteiger charge is 2.56. The third-order valence-electron chi connectivity index (χ3n) is 5.47. The number of nitrogens with zero attached hydrogens (tertiary/aromatic N) is 1. The van der Waals surface area contributed by atoms with Gasteiger partial charge in [0.25, 0.3) is 10.0 Å². The van der Waals surface area contributed by atoms with Crippen LogP contribution in [0.1, 0.15) is 36.0 Å². The molecule has 0 spiro atoms. The Morgan fingerprint density at radius 1 is 1.04 bits per heavy atom. The summed E-state index contributed by atoms with van der Waals surface area (Å²) in [6, 6.07) is 12.6. The first kappa shape index (κ1) is 16.3. The lowest BCUT2D eigenvalue weighted by Crippen LogP contribution is -2.56. The van der Waals surface area contributed by atoms with E-state index in [4.69, 9.17) is 0 Å². The molecule has 1 saturated carbocycles. The summed E-state index contributed by atoms with van der Waals surface area (Å²) in [4.78, 5) is 12.5. The van der Waals surface area contributed by atoms with Crippen molar-refractivity contribution in [3.8, 4) is 0 Å². The third kappa shape index (κ3) is 2.33. The predicted molar refractivity (Wildman–Crippen MR) is 97.4 cm³/mol. The second-order valence-electron chi connectivity index (χ2n) is 7.62. The van der Waals surface area contributed by atoms with Crippen LogP contribution < -0.4 is 4.31 Å². The lowest BCUT2D eigenvalue weighted by atomic mass is 9.56. The molecular formula is C20H21NO3S. The van der Waals surface area contributed by atoms with Crippen molar-refractivity contribution in [2.75, 3.05) is 10.8 Å². The number of rotatable bonds is 2. The standard InChI is InChI=1S/C20H21NO3S/c1-13-4-7-15(8-5-13)25(23,24)21-12-20(3)11-18(22)19(20)16-10-14(2)6-9-17(16)21/h4-10,19H,11-12H2,1-3H3/t19-,20-/m0/s1. The van der Waals surface area contributed by atoms with Crippen LogP contribution in [0.25, 0.3) is 0 Å². The second-order valence-corrected chi connectivity index (χ2v) is 9.48. The fourth-order valence-corrected chi connectivity index (χ4v) is 5.78. The van der Waals surface area contributed by atoms with Gasteiger partial charge in [0.2, 0.25) is 0 Å². The van der Waals surface area contributed by atoms with Gasteiger partial charge in [0.1, 0.15) is 5.78 Å². The maximum atomic E-state index is 13.3. The van der Waals surface area contributed by atoms with Crippen molar-refractivity contribution in [2.45, 2.75) is 38.0 Å². The normalized spacial score (nSPS) is 25.2. The van der Waals surface area contributed by atoms with Crippen LogP contribution in [-0.4, -0.2) is 20.7 Å². The molecule has 2 aromatic carbocycles. The van der Waals surface area contributed by atoms with E-state index in [1.807, 2.05) is 51.1 Å². The molecule has 25 heavy (non-hydrogen) atoms. The molecule has 1 aliphatic carbocycles. The smallest absolute Gasteiger partial charge is 0.264 e. The van der Waals surface area contributed by atoms with Crippen LogP contribution in [0.15, 0.2) is 47.4 Å². The van der Waals surface area contributed by atoms with Crippen LogP contribution >= 0.6 is 0 Å². The van der Waals surface area contributed by atoms with Gasteiger partial charge < -0.3 is 0 Å². The average Bonchev–Trinajstić information content (AvgIpc) is 2.53. The van der Waals surface area contributed by atoms with Crippen LogP contribution in [0.2, 0.25) is 0 Å². The van der Waals surface area contributed by atoms with Crippen molar-refractivity contribution in [3.05, 3.63) is 59.2 Å². The van der Waals surface area contributed by atoms with Crippen molar-refractivity contribution >= 4 is 21.5 Å². The summed E-state index contributed by atoms with van der Waals surface area (Å²) < 4.78 is 28.1. The Balaban J connectivity index is 1.88. The summed E-state index contributed by atoms with van der Waals surface area (Å²) in [6.07, 6.45) is 0.435. The second kappa shape index (κ2) is 5.18. The summed E-state index contributed by atoms with van der Waals surface area (Å²) in [5.41, 5.74) is 3.22. The quantitative estimate of drug-likeness (QED) is 0.827. The van der Waals surface area contributed by atoms with Gasteiger partial charge in [-0.3, -0.25) is 9.10 Å². The summed E-state index contributed by atoms with van der Waals surface area (Å²) in [5.74, 6) is 0.0219. The molecular weight excluding hydrogens is 334 g/mol. The maximum absolute atomic E-state index is 13.3. The minimum atomic E-state index is -3.66. The van der Waals surface area contributed by atoms with Gasteiger partial charge in [-0.05, 0) is 37.6 Å². The Kier molecular flexibility index (Phi) is 3.38. The van der Waals surface area contributed by atoms with E-state index >= 15 is 0 Å². The first-order chi connectivity index (χ1) is 11.7. The Hall–Kier alpha value is -2.14. The topological polar surface area (TPSA) is 54.5 Å². The minimum absolute atomic E-state index is 0.188. The molecule has 0 saturated heterocycles. The van der Waals surface area contributed by atoms with Gasteiger partial charge in [0.15, 0.2) is 0 Å². The molecule has 5 heteroatoms. The molecule has 2 aromatic rings. The highest BCUT2D eigenvalue weighted by molar-refractivity contribution is 7.92. The van der Waals surface area contributed by atoms with Gasteiger partial charge in [-0.1, -0.05) is 42.3 Å². The van der Waals surface area contributed by atoms with E-state index in [2.05, 4.69) is 0 Å². The van der Waals surface area contributed by atoms with Crippen LogP contribution in [0, 0.1) is 19.3 Å². The van der Waals surface area contributed by atoms with E-state index in [9.17, 15) is 13.2 Å². The van der Waals surface area contributed by atoms with Crippen LogP contribution in [-0.2, 0) is 14.8 Å². The zero-order valence-corrected chi connectivity index (χ0v) is 15.4. The third-order valence-corrected chi connectivity index (χ3v) is 7.25. The van der Waals surface area contributed by atoms with E-state index in [1.165, 1.54) is 4.31 Å². The molecule has 1 fully saturated rings. The zero-order chi connectivity index (χ0) is 18.0. The molecule has 0 unspecified atom stereocenters. The number of aryl methyl sites for hydroxylation is 2. The lowest BCUT2D eigenvalue weighted by Gasteiger charge is -2.53. The molecule has 4 rings (SSSR count).